The Kier molecular flexibility index (Phi) is 4.76. The molecule has 1 unspecified atom stereocenters. The van der Waals surface area contributed by atoms with Gasteiger partial charge >= 0.3 is 0 Å². The molecule has 1 aromatic rings. The van der Waals surface area contributed by atoms with Gasteiger partial charge in [0.05, 0.1) is 5.69 Å². The molecule has 116 valence electrons. The van der Waals surface area contributed by atoms with E-state index >= 15 is 0 Å². The summed E-state index contributed by atoms with van der Waals surface area (Å²) in [5, 5.41) is 3.60. The third-order valence-electron chi connectivity index (χ3n) is 4.47. The lowest BCUT2D eigenvalue weighted by Gasteiger charge is -2.37. The zero-order chi connectivity index (χ0) is 14.7. The molecule has 3 nitrogen and oxygen atoms in total. The number of benzene rings is 1. The fraction of sp³-hybridized carbons (Fsp3) is 0.647. The molecule has 3 rings (SSSR count). The Morgan fingerprint density at radius 3 is 2.57 bits per heavy atom. The summed E-state index contributed by atoms with van der Waals surface area (Å²) in [4.78, 5) is 4.68. The van der Waals surface area contributed by atoms with Gasteiger partial charge in [-0.15, -0.1) is 0 Å². The Balaban J connectivity index is 1.43. The van der Waals surface area contributed by atoms with Crippen LogP contribution in [0.2, 0.25) is 0 Å². The van der Waals surface area contributed by atoms with E-state index in [-0.39, 0.29) is 5.82 Å². The molecule has 1 heterocycles. The number of piperazine rings is 1. The molecule has 0 radical (unpaired) electrons. The standard InChI is InChI=1S/C17H26FN3/c1-14(12-19-15-6-7-15)13-20-8-10-21(11-9-20)17-5-3-2-4-16(17)18/h2-5,14-15,19H,6-13H2,1H3. The van der Waals surface area contributed by atoms with E-state index < -0.39 is 0 Å². The fourth-order valence-electron chi connectivity index (χ4n) is 3.04. The van der Waals surface area contributed by atoms with Crippen LogP contribution < -0.4 is 10.2 Å². The molecule has 2 fully saturated rings. The van der Waals surface area contributed by atoms with E-state index in [0.717, 1.165) is 51.0 Å². The first kappa shape index (κ1) is 14.8. The van der Waals surface area contributed by atoms with E-state index in [2.05, 4.69) is 22.0 Å². The number of anilines is 1. The molecule has 1 saturated heterocycles. The zero-order valence-corrected chi connectivity index (χ0v) is 12.9. The molecule has 4 heteroatoms. The summed E-state index contributed by atoms with van der Waals surface area (Å²) in [6.07, 6.45) is 2.71. The highest BCUT2D eigenvalue weighted by Crippen LogP contribution is 2.21. The topological polar surface area (TPSA) is 18.5 Å². The van der Waals surface area contributed by atoms with Gasteiger partial charge in [0, 0.05) is 38.8 Å². The minimum Gasteiger partial charge on any atom is -0.367 e. The van der Waals surface area contributed by atoms with Crippen LogP contribution in [0.3, 0.4) is 0 Å². The van der Waals surface area contributed by atoms with Crippen molar-refractivity contribution in [3.63, 3.8) is 0 Å². The van der Waals surface area contributed by atoms with Gasteiger partial charge in [0.15, 0.2) is 0 Å². The first-order valence-electron chi connectivity index (χ1n) is 8.17. The van der Waals surface area contributed by atoms with Crippen LogP contribution in [0, 0.1) is 11.7 Å². The SMILES string of the molecule is CC(CNC1CC1)CN1CCN(c2ccccc2F)CC1. The number of nitrogens with one attached hydrogen (secondary N) is 1. The highest BCUT2D eigenvalue weighted by Gasteiger charge is 2.23. The molecule has 2 aliphatic rings. The quantitative estimate of drug-likeness (QED) is 0.868. The van der Waals surface area contributed by atoms with Crippen molar-refractivity contribution in [2.24, 2.45) is 5.92 Å². The second kappa shape index (κ2) is 6.75. The van der Waals surface area contributed by atoms with Crippen LogP contribution >= 0.6 is 0 Å². The molecule has 0 spiro atoms. The Hall–Kier alpha value is -1.13. The molecular weight excluding hydrogens is 265 g/mol. The summed E-state index contributed by atoms with van der Waals surface area (Å²) in [5.74, 6) is 0.582. The Bertz CT molecular complexity index is 453. The summed E-state index contributed by atoms with van der Waals surface area (Å²) in [7, 11) is 0. The molecule has 0 aromatic heterocycles. The molecule has 1 aromatic carbocycles. The Morgan fingerprint density at radius 2 is 1.90 bits per heavy atom. The first-order chi connectivity index (χ1) is 10.2. The average Bonchev–Trinajstić information content (AvgIpc) is 3.31. The fourth-order valence-corrected chi connectivity index (χ4v) is 3.04. The monoisotopic (exact) mass is 291 g/mol. The lowest BCUT2D eigenvalue weighted by molar-refractivity contribution is 0.222. The van der Waals surface area contributed by atoms with Crippen LogP contribution in [0.5, 0.6) is 0 Å². The number of halogens is 1. The smallest absolute Gasteiger partial charge is 0.146 e. The minimum atomic E-state index is -0.104. The minimum absolute atomic E-state index is 0.104. The van der Waals surface area contributed by atoms with Crippen molar-refractivity contribution in [2.75, 3.05) is 44.2 Å². The van der Waals surface area contributed by atoms with Gasteiger partial charge in [-0.05, 0) is 37.4 Å². The summed E-state index contributed by atoms with van der Waals surface area (Å²) >= 11 is 0. The first-order valence-corrected chi connectivity index (χ1v) is 8.17. The van der Waals surface area contributed by atoms with Crippen LogP contribution in [0.1, 0.15) is 19.8 Å². The molecule has 1 saturated carbocycles. The largest absolute Gasteiger partial charge is 0.367 e. The van der Waals surface area contributed by atoms with Crippen molar-refractivity contribution >= 4 is 5.69 Å². The van der Waals surface area contributed by atoms with Gasteiger partial charge < -0.3 is 10.2 Å². The lowest BCUT2D eigenvalue weighted by Crippen LogP contribution is -2.48. The average molecular weight is 291 g/mol. The highest BCUT2D eigenvalue weighted by atomic mass is 19.1. The third-order valence-corrected chi connectivity index (χ3v) is 4.47. The summed E-state index contributed by atoms with van der Waals surface area (Å²) in [6.45, 7) is 8.49. The van der Waals surface area contributed by atoms with Crippen molar-refractivity contribution in [1.29, 1.82) is 0 Å². The second-order valence-electron chi connectivity index (χ2n) is 6.53. The van der Waals surface area contributed by atoms with Crippen LogP contribution in [-0.4, -0.2) is 50.2 Å². The van der Waals surface area contributed by atoms with E-state index in [0.29, 0.717) is 5.92 Å². The van der Waals surface area contributed by atoms with Crippen LogP contribution in [-0.2, 0) is 0 Å². The number of hydrogen-bond donors (Lipinski definition) is 1. The molecule has 1 aliphatic heterocycles. The predicted molar refractivity (Wildman–Crippen MR) is 85.2 cm³/mol. The Labute approximate surface area is 127 Å². The van der Waals surface area contributed by atoms with Gasteiger partial charge in [-0.1, -0.05) is 19.1 Å². The predicted octanol–water partition coefficient (Wildman–Crippen LogP) is 2.34. The van der Waals surface area contributed by atoms with Gasteiger partial charge in [-0.25, -0.2) is 4.39 Å². The van der Waals surface area contributed by atoms with Crippen LogP contribution in [0.25, 0.3) is 0 Å². The van der Waals surface area contributed by atoms with Gasteiger partial charge in [-0.3, -0.25) is 4.90 Å². The Morgan fingerprint density at radius 1 is 1.19 bits per heavy atom. The van der Waals surface area contributed by atoms with E-state index in [1.54, 1.807) is 12.1 Å². The number of rotatable bonds is 6. The van der Waals surface area contributed by atoms with E-state index in [1.807, 2.05) is 12.1 Å². The van der Waals surface area contributed by atoms with Crippen molar-refractivity contribution in [3.8, 4) is 0 Å². The van der Waals surface area contributed by atoms with Crippen LogP contribution in [0.15, 0.2) is 24.3 Å². The molecule has 21 heavy (non-hydrogen) atoms. The normalized spacial score (nSPS) is 21.5. The molecular formula is C17H26FN3. The van der Waals surface area contributed by atoms with E-state index in [4.69, 9.17) is 0 Å². The van der Waals surface area contributed by atoms with Gasteiger partial charge in [0.1, 0.15) is 5.82 Å². The zero-order valence-electron chi connectivity index (χ0n) is 12.9. The second-order valence-corrected chi connectivity index (χ2v) is 6.53. The van der Waals surface area contributed by atoms with E-state index in [9.17, 15) is 4.39 Å². The lowest BCUT2D eigenvalue weighted by atomic mass is 10.1. The summed E-state index contributed by atoms with van der Waals surface area (Å²) < 4.78 is 13.8. The van der Waals surface area contributed by atoms with Crippen molar-refractivity contribution in [2.45, 2.75) is 25.8 Å². The maximum Gasteiger partial charge on any atom is 0.146 e. The third kappa shape index (κ3) is 4.17. The van der Waals surface area contributed by atoms with Crippen molar-refractivity contribution in [1.82, 2.24) is 10.2 Å². The molecule has 0 bridgehead atoms. The van der Waals surface area contributed by atoms with Crippen LogP contribution in [0.4, 0.5) is 10.1 Å². The number of hydrogen-bond acceptors (Lipinski definition) is 3. The van der Waals surface area contributed by atoms with Gasteiger partial charge in [0.2, 0.25) is 0 Å². The van der Waals surface area contributed by atoms with Gasteiger partial charge in [0.25, 0.3) is 0 Å². The van der Waals surface area contributed by atoms with Crippen molar-refractivity contribution in [3.05, 3.63) is 30.1 Å². The number of para-hydroxylation sites is 1. The van der Waals surface area contributed by atoms with Gasteiger partial charge in [-0.2, -0.15) is 0 Å². The van der Waals surface area contributed by atoms with Crippen molar-refractivity contribution < 1.29 is 4.39 Å². The van der Waals surface area contributed by atoms with E-state index in [1.165, 1.54) is 12.8 Å². The highest BCUT2D eigenvalue weighted by molar-refractivity contribution is 5.47. The molecule has 1 N–H and O–H groups in total. The molecule has 1 aliphatic carbocycles. The summed E-state index contributed by atoms with van der Waals surface area (Å²) in [6, 6.07) is 7.89. The maximum absolute atomic E-state index is 13.8. The summed E-state index contributed by atoms with van der Waals surface area (Å²) in [5.41, 5.74) is 0.751. The molecule has 0 amide bonds. The maximum atomic E-state index is 13.8. The molecule has 1 atom stereocenters. The number of nitrogens with zero attached hydrogens (tertiary/aromatic N) is 2.